The number of carboxylic acids is 2. The molecule has 0 unspecified atom stereocenters. The topological polar surface area (TPSA) is 129 Å². The highest BCUT2D eigenvalue weighted by atomic mass is 35.5. The number of carbonyl (C=O) groups is 3. The monoisotopic (exact) mass is 273 g/mol. The lowest BCUT2D eigenvalue weighted by atomic mass is 10.2. The van der Waals surface area contributed by atoms with Crippen molar-refractivity contribution in [1.82, 2.24) is 15.5 Å². The van der Waals surface area contributed by atoms with Crippen LogP contribution in [0.25, 0.3) is 0 Å². The number of nitrogens with one attached hydrogen (secondary N) is 1. The number of carbonyl (C=O) groups excluding carboxylic acids is 1. The molecule has 0 fully saturated rings. The Morgan fingerprint density at radius 1 is 1.28 bits per heavy atom. The molecule has 1 amide bonds. The highest BCUT2D eigenvalue weighted by Crippen LogP contribution is 2.03. The summed E-state index contributed by atoms with van der Waals surface area (Å²) in [7, 11) is 0. The van der Waals surface area contributed by atoms with Crippen LogP contribution >= 0.6 is 11.6 Å². The molecule has 3 N–H and O–H groups in total. The van der Waals surface area contributed by atoms with Crippen LogP contribution in [-0.4, -0.2) is 44.3 Å². The van der Waals surface area contributed by atoms with Crippen LogP contribution in [0, 0.1) is 0 Å². The van der Waals surface area contributed by atoms with Crippen molar-refractivity contribution in [1.29, 1.82) is 0 Å². The third kappa shape index (κ3) is 3.98. The van der Waals surface area contributed by atoms with E-state index in [1.807, 2.05) is 5.32 Å². The molecule has 0 saturated heterocycles. The number of amides is 1. The fourth-order valence-electron chi connectivity index (χ4n) is 1.04. The van der Waals surface area contributed by atoms with E-state index in [2.05, 4.69) is 10.2 Å². The summed E-state index contributed by atoms with van der Waals surface area (Å²) in [5, 5.41) is 26.2. The summed E-state index contributed by atoms with van der Waals surface area (Å²) >= 11 is 5.46. The molecule has 0 aliphatic rings. The van der Waals surface area contributed by atoms with Gasteiger partial charge < -0.3 is 15.5 Å². The Bertz CT molecular complexity index is 476. The zero-order valence-corrected chi connectivity index (χ0v) is 9.59. The molecule has 1 rings (SSSR count). The van der Waals surface area contributed by atoms with Gasteiger partial charge in [-0.15, -0.1) is 10.2 Å². The molecule has 18 heavy (non-hydrogen) atoms. The largest absolute Gasteiger partial charge is 0.481 e. The Kier molecular flexibility index (Phi) is 4.55. The number of aromatic nitrogens is 2. The van der Waals surface area contributed by atoms with Gasteiger partial charge in [0.15, 0.2) is 10.8 Å². The predicted octanol–water partition coefficient (Wildman–Crippen LogP) is -0.212. The van der Waals surface area contributed by atoms with Gasteiger partial charge >= 0.3 is 11.9 Å². The Morgan fingerprint density at radius 2 is 1.94 bits per heavy atom. The molecule has 96 valence electrons. The minimum atomic E-state index is -1.53. The molecule has 0 aromatic carbocycles. The molecule has 8 nitrogen and oxygen atoms in total. The lowest BCUT2D eigenvalue weighted by Crippen LogP contribution is -2.42. The molecule has 1 aromatic rings. The zero-order chi connectivity index (χ0) is 13.7. The van der Waals surface area contributed by atoms with Gasteiger partial charge in [-0.25, -0.2) is 4.79 Å². The summed E-state index contributed by atoms with van der Waals surface area (Å²) in [6.07, 6.45) is -0.734. The van der Waals surface area contributed by atoms with Crippen LogP contribution in [0.15, 0.2) is 12.1 Å². The molecule has 0 radical (unpaired) electrons. The van der Waals surface area contributed by atoms with E-state index in [0.717, 1.165) is 0 Å². The van der Waals surface area contributed by atoms with Crippen molar-refractivity contribution < 1.29 is 24.6 Å². The molecule has 0 bridgehead atoms. The smallest absolute Gasteiger partial charge is 0.326 e. The number of carboxylic acid groups (broad SMARTS) is 2. The second-order valence-electron chi connectivity index (χ2n) is 3.20. The van der Waals surface area contributed by atoms with Crippen molar-refractivity contribution in [3.05, 3.63) is 23.0 Å². The number of nitrogens with zero attached hydrogens (tertiary/aromatic N) is 2. The van der Waals surface area contributed by atoms with E-state index < -0.39 is 30.3 Å². The molecule has 1 aromatic heterocycles. The predicted molar refractivity (Wildman–Crippen MR) is 58.2 cm³/mol. The number of aliphatic carboxylic acids is 2. The Hall–Kier alpha value is -2.22. The average Bonchev–Trinajstić information content (AvgIpc) is 2.28. The van der Waals surface area contributed by atoms with Gasteiger partial charge in [-0.05, 0) is 12.1 Å². The van der Waals surface area contributed by atoms with Crippen molar-refractivity contribution in [2.24, 2.45) is 0 Å². The molecule has 9 heteroatoms. The molecule has 0 saturated carbocycles. The van der Waals surface area contributed by atoms with Gasteiger partial charge in [0.05, 0.1) is 6.42 Å². The first-order valence-corrected chi connectivity index (χ1v) is 5.02. The first-order valence-electron chi connectivity index (χ1n) is 4.65. The first kappa shape index (κ1) is 13.8. The van der Waals surface area contributed by atoms with Gasteiger partial charge in [0.1, 0.15) is 6.04 Å². The zero-order valence-electron chi connectivity index (χ0n) is 8.83. The fourth-order valence-corrected chi connectivity index (χ4v) is 1.14. The highest BCUT2D eigenvalue weighted by Gasteiger charge is 2.24. The summed E-state index contributed by atoms with van der Waals surface area (Å²) in [6, 6.07) is 1.01. The molecule has 0 aliphatic heterocycles. The second kappa shape index (κ2) is 5.92. The SMILES string of the molecule is O=C(O)C[C@H](NC(=O)c1ccc(Cl)nn1)C(=O)O. The Morgan fingerprint density at radius 3 is 2.39 bits per heavy atom. The summed E-state index contributed by atoms with van der Waals surface area (Å²) in [6.45, 7) is 0. The third-order valence-corrected chi connectivity index (χ3v) is 2.05. The first-order chi connectivity index (χ1) is 8.40. The lowest BCUT2D eigenvalue weighted by molar-refractivity contribution is -0.145. The molecule has 0 aliphatic carbocycles. The molecular weight excluding hydrogens is 266 g/mol. The van der Waals surface area contributed by atoms with Crippen molar-refractivity contribution in [2.75, 3.05) is 0 Å². The van der Waals surface area contributed by atoms with Gasteiger partial charge in [-0.3, -0.25) is 9.59 Å². The van der Waals surface area contributed by atoms with Gasteiger partial charge in [0.25, 0.3) is 5.91 Å². The fraction of sp³-hybridized carbons (Fsp3) is 0.222. The van der Waals surface area contributed by atoms with Crippen LogP contribution in [0.3, 0.4) is 0 Å². The van der Waals surface area contributed by atoms with Crippen LogP contribution < -0.4 is 5.32 Å². The van der Waals surface area contributed by atoms with Crippen molar-refractivity contribution in [3.63, 3.8) is 0 Å². The van der Waals surface area contributed by atoms with E-state index in [9.17, 15) is 14.4 Å². The summed E-state index contributed by atoms with van der Waals surface area (Å²) in [4.78, 5) is 32.7. The summed E-state index contributed by atoms with van der Waals surface area (Å²) < 4.78 is 0. The Labute approximate surface area is 106 Å². The van der Waals surface area contributed by atoms with E-state index in [1.54, 1.807) is 0 Å². The average molecular weight is 274 g/mol. The molecular formula is C9H8ClN3O5. The van der Waals surface area contributed by atoms with Gasteiger partial charge in [-0.1, -0.05) is 11.6 Å². The van der Waals surface area contributed by atoms with E-state index in [4.69, 9.17) is 21.8 Å². The van der Waals surface area contributed by atoms with Gasteiger partial charge in [-0.2, -0.15) is 0 Å². The van der Waals surface area contributed by atoms with E-state index in [-0.39, 0.29) is 10.8 Å². The van der Waals surface area contributed by atoms with Gasteiger partial charge in [0, 0.05) is 0 Å². The minimum Gasteiger partial charge on any atom is -0.481 e. The molecule has 1 heterocycles. The van der Waals surface area contributed by atoms with Crippen molar-refractivity contribution >= 4 is 29.4 Å². The van der Waals surface area contributed by atoms with Crippen LogP contribution in [-0.2, 0) is 9.59 Å². The number of hydrogen-bond donors (Lipinski definition) is 3. The van der Waals surface area contributed by atoms with E-state index in [1.165, 1.54) is 12.1 Å². The normalized spacial score (nSPS) is 11.6. The highest BCUT2D eigenvalue weighted by molar-refractivity contribution is 6.29. The maximum absolute atomic E-state index is 11.5. The standard InChI is InChI=1S/C9H8ClN3O5/c10-6-2-1-4(12-13-6)8(16)11-5(9(17)18)3-7(14)15/h1-2,5H,3H2,(H,11,16)(H,14,15)(H,17,18)/t5-/m0/s1. The maximum Gasteiger partial charge on any atom is 0.326 e. The van der Waals surface area contributed by atoms with Crippen LogP contribution in [0.4, 0.5) is 0 Å². The van der Waals surface area contributed by atoms with Gasteiger partial charge in [0.2, 0.25) is 0 Å². The van der Waals surface area contributed by atoms with Crippen LogP contribution in [0.5, 0.6) is 0 Å². The van der Waals surface area contributed by atoms with E-state index >= 15 is 0 Å². The number of rotatable bonds is 5. The quantitative estimate of drug-likeness (QED) is 0.676. The maximum atomic E-state index is 11.5. The van der Waals surface area contributed by atoms with Crippen molar-refractivity contribution in [3.8, 4) is 0 Å². The van der Waals surface area contributed by atoms with Crippen LogP contribution in [0.2, 0.25) is 5.15 Å². The van der Waals surface area contributed by atoms with E-state index in [0.29, 0.717) is 0 Å². The minimum absolute atomic E-state index is 0.0758. The third-order valence-electron chi connectivity index (χ3n) is 1.85. The second-order valence-corrected chi connectivity index (χ2v) is 3.59. The number of hydrogen-bond acceptors (Lipinski definition) is 5. The van der Waals surface area contributed by atoms with Crippen molar-refractivity contribution in [2.45, 2.75) is 12.5 Å². The summed E-state index contributed by atoms with van der Waals surface area (Å²) in [5.41, 5.74) is -0.156. The Balaban J connectivity index is 2.75. The summed E-state index contributed by atoms with van der Waals surface area (Å²) in [5.74, 6) is -3.63. The lowest BCUT2D eigenvalue weighted by Gasteiger charge is -2.11. The molecule has 1 atom stereocenters. The number of halogens is 1. The van der Waals surface area contributed by atoms with Crippen LogP contribution in [0.1, 0.15) is 16.9 Å². The molecule has 0 spiro atoms.